The molecule has 0 aliphatic rings. The van der Waals surface area contributed by atoms with Gasteiger partial charge in [0, 0.05) is 0 Å². The van der Waals surface area contributed by atoms with E-state index in [4.69, 9.17) is 0 Å². The van der Waals surface area contributed by atoms with Crippen molar-refractivity contribution >= 4 is 58.3 Å². The van der Waals surface area contributed by atoms with Crippen LogP contribution < -0.4 is 11.5 Å². The fraction of sp³-hybridized carbons (Fsp3) is 0. The summed E-state index contributed by atoms with van der Waals surface area (Å²) >= 11 is 16.5. The van der Waals surface area contributed by atoms with E-state index in [9.17, 15) is 0 Å². The van der Waals surface area contributed by atoms with Gasteiger partial charge in [0.05, 0.1) is 0 Å². The van der Waals surface area contributed by atoms with Gasteiger partial charge in [0.15, 0.2) is 0 Å². The molecule has 0 aliphatic heterocycles. The summed E-state index contributed by atoms with van der Waals surface area (Å²) in [7, 11) is 0. The van der Waals surface area contributed by atoms with Crippen molar-refractivity contribution < 1.29 is 39.0 Å². The Labute approximate surface area is 122 Å². The largest absolute Gasteiger partial charge is 2.00 e. The van der Waals surface area contributed by atoms with E-state index in [1.54, 1.807) is 0 Å². The van der Waals surface area contributed by atoms with E-state index < -0.39 is 0 Å². The van der Waals surface area contributed by atoms with Gasteiger partial charge in [-0.3, -0.25) is 0 Å². The Morgan fingerprint density at radius 1 is 0.833 bits per heavy atom. The first-order valence-corrected chi connectivity index (χ1v) is 3.03. The molecular formula is C4H10N2S4Zn2. The van der Waals surface area contributed by atoms with Crippen molar-refractivity contribution in [2.45, 2.75) is 0 Å². The van der Waals surface area contributed by atoms with Crippen molar-refractivity contribution in [3.63, 3.8) is 0 Å². The van der Waals surface area contributed by atoms with Gasteiger partial charge in [-0.25, -0.2) is 0 Å². The van der Waals surface area contributed by atoms with Crippen LogP contribution in [0.3, 0.4) is 0 Å². The van der Waals surface area contributed by atoms with Crippen molar-refractivity contribution in [2.24, 2.45) is 11.5 Å². The Bertz CT molecular complexity index is 81.1. The van der Waals surface area contributed by atoms with Gasteiger partial charge in [-0.1, -0.05) is 8.64 Å². The standard InChI is InChI=1S/2CH3NS2.2CH3.2Zn/c2*2-1(3)4;;;;/h2*(H3,2,3,4);2*1H3;;/q;;2*-1;2*+2/p-2. The summed E-state index contributed by atoms with van der Waals surface area (Å²) in [6.07, 6.45) is 0. The van der Waals surface area contributed by atoms with E-state index in [1.165, 1.54) is 0 Å². The Morgan fingerprint density at radius 2 is 0.833 bits per heavy atom. The van der Waals surface area contributed by atoms with Gasteiger partial charge in [0.2, 0.25) is 0 Å². The number of rotatable bonds is 0. The zero-order valence-corrected chi connectivity index (χ0v) is 16.4. The maximum Gasteiger partial charge on any atom is 2.00 e. The van der Waals surface area contributed by atoms with Crippen LogP contribution in [-0.2, 0) is 64.2 Å². The fourth-order valence-electron chi connectivity index (χ4n) is 0. The zero-order chi connectivity index (χ0) is 7.15. The van der Waals surface area contributed by atoms with Crippen molar-refractivity contribution in [2.75, 3.05) is 0 Å². The average molecular weight is 345 g/mol. The molecule has 0 aliphatic carbocycles. The van der Waals surface area contributed by atoms with Gasteiger partial charge in [-0.2, -0.15) is 0 Å². The molecule has 64 valence electrons. The summed E-state index contributed by atoms with van der Waals surface area (Å²) in [5.41, 5.74) is 9.31. The molecule has 4 N–H and O–H groups in total. The van der Waals surface area contributed by atoms with Crippen LogP contribution in [0, 0.1) is 14.9 Å². The average Bonchev–Trinajstić information content (AvgIpc) is 1.25. The summed E-state index contributed by atoms with van der Waals surface area (Å²) in [6, 6.07) is 0. The number of thiocarbonyl (C=S) groups is 2. The first-order valence-electron chi connectivity index (χ1n) is 1.39. The molecule has 0 saturated carbocycles. The minimum absolute atomic E-state index is 0. The molecule has 0 aromatic rings. The number of nitrogens with two attached hydrogens (primary N) is 2. The summed E-state index contributed by atoms with van der Waals surface area (Å²) in [4.78, 5) is 0. The van der Waals surface area contributed by atoms with E-state index in [1.807, 2.05) is 0 Å². The van der Waals surface area contributed by atoms with Crippen LogP contribution in [0.25, 0.3) is 0 Å². The second-order valence-corrected chi connectivity index (χ2v) is 2.91. The molecule has 0 bridgehead atoms. The quantitative estimate of drug-likeness (QED) is 0.288. The third-order valence-corrected chi connectivity index (χ3v) is 0. The zero-order valence-electron chi connectivity index (χ0n) is 7.20. The van der Waals surface area contributed by atoms with Crippen molar-refractivity contribution in [3.05, 3.63) is 14.9 Å². The maximum absolute atomic E-state index is 4.66. The van der Waals surface area contributed by atoms with Gasteiger partial charge in [0.25, 0.3) is 0 Å². The van der Waals surface area contributed by atoms with Gasteiger partial charge >= 0.3 is 39.0 Å². The van der Waals surface area contributed by atoms with E-state index >= 15 is 0 Å². The minimum Gasteiger partial charge on any atom is -0.415 e. The third kappa shape index (κ3) is 584. The maximum atomic E-state index is 4.66. The molecule has 0 aromatic heterocycles. The first-order chi connectivity index (χ1) is 3.46. The molecule has 0 atom stereocenters. The van der Waals surface area contributed by atoms with E-state index in [2.05, 4.69) is 61.2 Å². The van der Waals surface area contributed by atoms with Crippen molar-refractivity contribution in [1.82, 2.24) is 0 Å². The topological polar surface area (TPSA) is 52.0 Å². The van der Waals surface area contributed by atoms with Crippen molar-refractivity contribution in [3.8, 4) is 0 Å². The van der Waals surface area contributed by atoms with Gasteiger partial charge in [-0.15, -0.1) is 0 Å². The molecule has 0 fully saturated rings. The van der Waals surface area contributed by atoms with Crippen LogP contribution in [0.15, 0.2) is 0 Å². The predicted molar refractivity (Wildman–Crippen MR) is 61.1 cm³/mol. The summed E-state index contributed by atoms with van der Waals surface area (Å²) in [5, 5.41) is 0. The summed E-state index contributed by atoms with van der Waals surface area (Å²) < 4.78 is 0.167. The number of hydrogen-bond donors (Lipinski definition) is 2. The molecule has 0 rings (SSSR count). The molecule has 0 heterocycles. The Kier molecular flexibility index (Phi) is 92.0. The monoisotopic (exact) mass is 342 g/mol. The Hall–Kier alpha value is 1.47. The molecule has 8 heteroatoms. The number of hydrogen-bond acceptors (Lipinski definition) is 4. The van der Waals surface area contributed by atoms with E-state index in [0.717, 1.165) is 0 Å². The second kappa shape index (κ2) is 29.4. The van der Waals surface area contributed by atoms with Gasteiger partial charge in [0.1, 0.15) is 0 Å². The van der Waals surface area contributed by atoms with Crippen LogP contribution in [0.5, 0.6) is 0 Å². The van der Waals surface area contributed by atoms with Gasteiger partial charge in [-0.05, 0) is 0 Å². The molecule has 12 heavy (non-hydrogen) atoms. The molecule has 0 aromatic carbocycles. The molecule has 0 unspecified atom stereocenters. The molecule has 0 spiro atoms. The molecular weight excluding hydrogens is 335 g/mol. The molecule has 0 amide bonds. The Balaban J connectivity index is -0.0000000112. The second-order valence-electron chi connectivity index (χ2n) is 0.638. The molecule has 0 radical (unpaired) electrons. The van der Waals surface area contributed by atoms with Crippen LogP contribution in [0.1, 0.15) is 0 Å². The van der Waals surface area contributed by atoms with E-state index in [0.29, 0.717) is 0 Å². The van der Waals surface area contributed by atoms with Crippen LogP contribution >= 0.6 is 24.4 Å². The van der Waals surface area contributed by atoms with Crippen LogP contribution in [0.2, 0.25) is 0 Å². The SMILES string of the molecule is NC(=S)[S-].NC(=S)[S-].[CH3-].[CH3-].[Zn+2].[Zn+2]. The molecule has 2 nitrogen and oxygen atoms in total. The molecule has 0 saturated heterocycles. The van der Waals surface area contributed by atoms with Crippen LogP contribution in [0.4, 0.5) is 0 Å². The summed E-state index contributed by atoms with van der Waals surface area (Å²) in [6.45, 7) is 0. The Morgan fingerprint density at radius 3 is 0.833 bits per heavy atom. The van der Waals surface area contributed by atoms with Gasteiger partial charge < -0.3 is 76.0 Å². The first kappa shape index (κ1) is 37.5. The summed E-state index contributed by atoms with van der Waals surface area (Å²) in [5.74, 6) is 0. The third-order valence-electron chi connectivity index (χ3n) is 0. The van der Waals surface area contributed by atoms with E-state index in [-0.39, 0.29) is 62.5 Å². The van der Waals surface area contributed by atoms with Crippen LogP contribution in [-0.4, -0.2) is 8.64 Å². The van der Waals surface area contributed by atoms with Crippen molar-refractivity contribution in [1.29, 1.82) is 0 Å². The smallest absolute Gasteiger partial charge is 0.415 e. The normalized spacial score (nSPS) is 4.00. The predicted octanol–water partition coefficient (Wildman–Crippen LogP) is 0.449. The fourth-order valence-corrected chi connectivity index (χ4v) is 0. The minimum atomic E-state index is 0.